The summed E-state index contributed by atoms with van der Waals surface area (Å²) in [6.07, 6.45) is 1.33. The maximum absolute atomic E-state index is 12.2. The molecule has 1 aliphatic rings. The summed E-state index contributed by atoms with van der Waals surface area (Å²) in [5, 5.41) is 14.2. The minimum absolute atomic E-state index is 0.136. The molecule has 146 valence electrons. The van der Waals surface area contributed by atoms with Gasteiger partial charge in [0.05, 0.1) is 13.1 Å². The Hall–Kier alpha value is -2.94. The Labute approximate surface area is 156 Å². The fourth-order valence-corrected chi connectivity index (χ4v) is 3.04. The predicted molar refractivity (Wildman–Crippen MR) is 96.5 cm³/mol. The number of carboxylic acids is 1. The van der Waals surface area contributed by atoms with Crippen LogP contribution in [0.15, 0.2) is 30.3 Å². The van der Waals surface area contributed by atoms with E-state index in [9.17, 15) is 24.3 Å². The Bertz CT molecular complexity index is 694. The molecule has 5 N–H and O–H groups in total. The van der Waals surface area contributed by atoms with Gasteiger partial charge in [0.25, 0.3) is 0 Å². The number of carbonyl (C=O) groups excluding carboxylic acids is 3. The molecule has 0 aliphatic carbocycles. The van der Waals surface area contributed by atoms with E-state index >= 15 is 0 Å². The Kier molecular flexibility index (Phi) is 7.30. The number of nitrogens with one attached hydrogen (secondary N) is 2. The molecule has 1 fully saturated rings. The van der Waals surface area contributed by atoms with Crippen molar-refractivity contribution in [3.05, 3.63) is 35.9 Å². The molecular formula is C18H24N4O5. The first-order chi connectivity index (χ1) is 12.9. The van der Waals surface area contributed by atoms with Crippen LogP contribution in [0.5, 0.6) is 0 Å². The molecule has 0 bridgehead atoms. The van der Waals surface area contributed by atoms with Crippen molar-refractivity contribution in [3.63, 3.8) is 0 Å². The van der Waals surface area contributed by atoms with E-state index in [4.69, 9.17) is 5.73 Å². The average Bonchev–Trinajstić information content (AvgIpc) is 3.15. The Morgan fingerprint density at radius 1 is 1.22 bits per heavy atom. The summed E-state index contributed by atoms with van der Waals surface area (Å²) in [6.45, 7) is -0.0823. The molecule has 1 aliphatic heterocycles. The van der Waals surface area contributed by atoms with E-state index in [1.807, 2.05) is 6.07 Å². The van der Waals surface area contributed by atoms with Crippen molar-refractivity contribution in [3.8, 4) is 0 Å². The first-order valence-corrected chi connectivity index (χ1v) is 8.75. The standard InChI is InChI=1S/C18H24N4O5/c19-10-16(24)22-8-4-7-14(22)17(25)20-11-15(23)21-13(18(26)27)9-12-5-2-1-3-6-12/h1-3,5-6,13-14H,4,7-11,19H2,(H,20,25)(H,21,23)(H,26,27). The van der Waals surface area contributed by atoms with Gasteiger partial charge in [-0.3, -0.25) is 14.4 Å². The van der Waals surface area contributed by atoms with Crippen LogP contribution in [0.25, 0.3) is 0 Å². The minimum Gasteiger partial charge on any atom is -0.480 e. The smallest absolute Gasteiger partial charge is 0.326 e. The van der Waals surface area contributed by atoms with Crippen molar-refractivity contribution in [1.29, 1.82) is 0 Å². The number of hydrogen-bond donors (Lipinski definition) is 4. The van der Waals surface area contributed by atoms with Gasteiger partial charge in [-0.2, -0.15) is 0 Å². The lowest BCUT2D eigenvalue weighted by Gasteiger charge is -2.23. The van der Waals surface area contributed by atoms with Crippen LogP contribution in [0.2, 0.25) is 0 Å². The molecule has 1 saturated heterocycles. The molecule has 1 heterocycles. The van der Waals surface area contributed by atoms with Crippen LogP contribution in [-0.4, -0.2) is 65.4 Å². The van der Waals surface area contributed by atoms with Gasteiger partial charge in [0.1, 0.15) is 12.1 Å². The number of amides is 3. The van der Waals surface area contributed by atoms with Gasteiger partial charge in [0.2, 0.25) is 17.7 Å². The topological polar surface area (TPSA) is 142 Å². The summed E-state index contributed by atoms with van der Waals surface area (Å²) < 4.78 is 0. The predicted octanol–water partition coefficient (Wildman–Crippen LogP) is -1.14. The highest BCUT2D eigenvalue weighted by Crippen LogP contribution is 2.17. The Morgan fingerprint density at radius 3 is 2.56 bits per heavy atom. The van der Waals surface area contributed by atoms with Crippen LogP contribution in [-0.2, 0) is 25.6 Å². The second-order valence-electron chi connectivity index (χ2n) is 6.32. The molecular weight excluding hydrogens is 352 g/mol. The van der Waals surface area contributed by atoms with Gasteiger partial charge in [0.15, 0.2) is 0 Å². The third-order valence-electron chi connectivity index (χ3n) is 4.39. The van der Waals surface area contributed by atoms with Crippen LogP contribution >= 0.6 is 0 Å². The first kappa shape index (κ1) is 20.4. The van der Waals surface area contributed by atoms with E-state index < -0.39 is 29.9 Å². The summed E-state index contributed by atoms with van der Waals surface area (Å²) in [5.74, 6) is -2.53. The van der Waals surface area contributed by atoms with Gasteiger partial charge in [-0.1, -0.05) is 30.3 Å². The van der Waals surface area contributed by atoms with E-state index in [-0.39, 0.29) is 25.4 Å². The van der Waals surface area contributed by atoms with E-state index in [1.165, 1.54) is 4.90 Å². The zero-order chi connectivity index (χ0) is 19.8. The largest absolute Gasteiger partial charge is 0.480 e. The fraction of sp³-hybridized carbons (Fsp3) is 0.444. The lowest BCUT2D eigenvalue weighted by molar-refractivity contribution is -0.142. The molecule has 27 heavy (non-hydrogen) atoms. The second kappa shape index (κ2) is 9.67. The molecule has 0 saturated carbocycles. The molecule has 9 heteroatoms. The molecule has 2 unspecified atom stereocenters. The van der Waals surface area contributed by atoms with Gasteiger partial charge in [-0.05, 0) is 18.4 Å². The second-order valence-corrected chi connectivity index (χ2v) is 6.32. The van der Waals surface area contributed by atoms with Gasteiger partial charge in [-0.25, -0.2) is 4.79 Å². The molecule has 0 radical (unpaired) electrons. The monoisotopic (exact) mass is 376 g/mol. The molecule has 2 atom stereocenters. The SMILES string of the molecule is NCC(=O)N1CCCC1C(=O)NCC(=O)NC(Cc1ccccc1)C(=O)O. The van der Waals surface area contributed by atoms with E-state index in [0.717, 1.165) is 5.56 Å². The van der Waals surface area contributed by atoms with Gasteiger partial charge in [-0.15, -0.1) is 0 Å². The number of carboxylic acid groups (broad SMARTS) is 1. The average molecular weight is 376 g/mol. The van der Waals surface area contributed by atoms with Crippen LogP contribution in [0.1, 0.15) is 18.4 Å². The number of rotatable bonds is 8. The maximum atomic E-state index is 12.2. The van der Waals surface area contributed by atoms with Crippen molar-refractivity contribution in [2.45, 2.75) is 31.3 Å². The highest BCUT2D eigenvalue weighted by Gasteiger charge is 2.33. The Balaban J connectivity index is 1.85. The Morgan fingerprint density at radius 2 is 1.93 bits per heavy atom. The fourth-order valence-electron chi connectivity index (χ4n) is 3.04. The van der Waals surface area contributed by atoms with E-state index in [0.29, 0.717) is 19.4 Å². The number of hydrogen-bond acceptors (Lipinski definition) is 5. The third kappa shape index (κ3) is 5.78. The van der Waals surface area contributed by atoms with E-state index in [1.54, 1.807) is 24.3 Å². The van der Waals surface area contributed by atoms with E-state index in [2.05, 4.69) is 10.6 Å². The number of carbonyl (C=O) groups is 4. The zero-order valence-corrected chi connectivity index (χ0v) is 14.9. The summed E-state index contributed by atoms with van der Waals surface area (Å²) in [4.78, 5) is 48.8. The molecule has 0 aromatic heterocycles. The van der Waals surface area contributed by atoms with Crippen molar-refractivity contribution in [2.75, 3.05) is 19.6 Å². The lowest BCUT2D eigenvalue weighted by Crippen LogP contribution is -2.51. The molecule has 1 aromatic carbocycles. The van der Waals surface area contributed by atoms with Crippen molar-refractivity contribution < 1.29 is 24.3 Å². The van der Waals surface area contributed by atoms with Crippen LogP contribution in [0, 0.1) is 0 Å². The summed E-state index contributed by atoms with van der Waals surface area (Å²) in [6, 6.07) is 7.18. The molecule has 0 spiro atoms. The molecule has 1 aromatic rings. The van der Waals surface area contributed by atoms with Crippen LogP contribution in [0.4, 0.5) is 0 Å². The lowest BCUT2D eigenvalue weighted by atomic mass is 10.1. The summed E-state index contributed by atoms with van der Waals surface area (Å²) >= 11 is 0. The van der Waals surface area contributed by atoms with Gasteiger partial charge < -0.3 is 26.4 Å². The number of aliphatic carboxylic acids is 1. The molecule has 2 rings (SSSR count). The molecule has 9 nitrogen and oxygen atoms in total. The number of nitrogens with two attached hydrogens (primary N) is 1. The third-order valence-corrected chi connectivity index (χ3v) is 4.39. The minimum atomic E-state index is -1.16. The number of nitrogens with zero attached hydrogens (tertiary/aromatic N) is 1. The zero-order valence-electron chi connectivity index (χ0n) is 14.9. The van der Waals surface area contributed by atoms with Gasteiger partial charge in [0, 0.05) is 13.0 Å². The number of likely N-dealkylation sites (tertiary alicyclic amines) is 1. The first-order valence-electron chi connectivity index (χ1n) is 8.75. The highest BCUT2D eigenvalue weighted by atomic mass is 16.4. The summed E-state index contributed by atoms with van der Waals surface area (Å²) in [7, 11) is 0. The quantitative estimate of drug-likeness (QED) is 0.452. The highest BCUT2D eigenvalue weighted by molar-refractivity contribution is 5.92. The normalized spacial score (nSPS) is 17.2. The van der Waals surface area contributed by atoms with Gasteiger partial charge >= 0.3 is 5.97 Å². The van der Waals surface area contributed by atoms with Crippen molar-refractivity contribution >= 4 is 23.7 Å². The van der Waals surface area contributed by atoms with Crippen LogP contribution < -0.4 is 16.4 Å². The van der Waals surface area contributed by atoms with Crippen LogP contribution in [0.3, 0.4) is 0 Å². The summed E-state index contributed by atoms with van der Waals surface area (Å²) in [5.41, 5.74) is 6.11. The molecule has 3 amide bonds. The van der Waals surface area contributed by atoms with Crippen molar-refractivity contribution in [2.24, 2.45) is 5.73 Å². The maximum Gasteiger partial charge on any atom is 0.326 e. The van der Waals surface area contributed by atoms with Crippen molar-refractivity contribution in [1.82, 2.24) is 15.5 Å². The number of benzene rings is 1.